The van der Waals surface area contributed by atoms with Crippen LogP contribution in [0.1, 0.15) is 30.3 Å². The molecule has 0 saturated heterocycles. The first-order chi connectivity index (χ1) is 11.0. The third-order valence-electron chi connectivity index (χ3n) is 3.21. The van der Waals surface area contributed by atoms with Crippen LogP contribution in [0.15, 0.2) is 5.51 Å². The molecule has 1 heterocycles. The van der Waals surface area contributed by atoms with E-state index in [4.69, 9.17) is 10.00 Å². The zero-order valence-electron chi connectivity index (χ0n) is 13.4. The molecule has 0 saturated carbocycles. The number of nitriles is 1. The molecule has 1 unspecified atom stereocenters. The number of hydrogen-bond acceptors (Lipinski definition) is 6. The van der Waals surface area contributed by atoms with Crippen LogP contribution in [-0.2, 0) is 16.0 Å². The van der Waals surface area contributed by atoms with Gasteiger partial charge in [-0.2, -0.15) is 5.26 Å². The average Bonchev–Trinajstić information content (AvgIpc) is 2.90. The quantitative estimate of drug-likeness (QED) is 0.668. The van der Waals surface area contributed by atoms with Gasteiger partial charge in [0, 0.05) is 24.3 Å². The van der Waals surface area contributed by atoms with Crippen LogP contribution in [0.2, 0.25) is 0 Å². The number of thiazole rings is 1. The van der Waals surface area contributed by atoms with Crippen LogP contribution in [0.4, 0.5) is 4.79 Å². The summed E-state index contributed by atoms with van der Waals surface area (Å²) < 4.78 is 5.10. The number of aryl methyl sites for hydroxylation is 1. The van der Waals surface area contributed by atoms with Crippen molar-refractivity contribution in [2.24, 2.45) is 5.92 Å². The number of alkyl carbamates (subject to hydrolysis) is 1. The zero-order chi connectivity index (χ0) is 17.1. The van der Waals surface area contributed by atoms with Crippen molar-refractivity contribution in [1.82, 2.24) is 15.6 Å². The SMILES string of the molecule is Cc1ncsc1CCOC(=O)NCCC(C)CC(=O)NCC#N. The molecule has 0 aliphatic rings. The van der Waals surface area contributed by atoms with Crippen molar-refractivity contribution >= 4 is 23.3 Å². The summed E-state index contributed by atoms with van der Waals surface area (Å²) in [5.41, 5.74) is 2.75. The number of amides is 2. The highest BCUT2D eigenvalue weighted by Crippen LogP contribution is 2.12. The van der Waals surface area contributed by atoms with E-state index in [0.29, 0.717) is 32.4 Å². The fraction of sp³-hybridized carbons (Fsp3) is 0.600. The second-order valence-corrected chi connectivity index (χ2v) is 6.15. The number of nitrogens with zero attached hydrogens (tertiary/aromatic N) is 2. The lowest BCUT2D eigenvalue weighted by Gasteiger charge is -2.11. The van der Waals surface area contributed by atoms with Crippen LogP contribution in [0.25, 0.3) is 0 Å². The minimum atomic E-state index is -0.451. The molecule has 2 amide bonds. The van der Waals surface area contributed by atoms with Gasteiger partial charge in [0.2, 0.25) is 5.91 Å². The van der Waals surface area contributed by atoms with Crippen LogP contribution >= 0.6 is 11.3 Å². The molecular formula is C15H22N4O3S. The number of ether oxygens (including phenoxy) is 1. The van der Waals surface area contributed by atoms with E-state index in [1.165, 1.54) is 0 Å². The summed E-state index contributed by atoms with van der Waals surface area (Å²) in [5, 5.41) is 13.5. The summed E-state index contributed by atoms with van der Waals surface area (Å²) in [6, 6.07) is 1.85. The van der Waals surface area contributed by atoms with E-state index in [2.05, 4.69) is 15.6 Å². The lowest BCUT2D eigenvalue weighted by Crippen LogP contribution is -2.29. The van der Waals surface area contributed by atoms with E-state index < -0.39 is 6.09 Å². The van der Waals surface area contributed by atoms with Gasteiger partial charge in [0.25, 0.3) is 0 Å². The van der Waals surface area contributed by atoms with Crippen molar-refractivity contribution in [3.05, 3.63) is 16.1 Å². The first-order valence-corrected chi connectivity index (χ1v) is 8.34. The molecule has 1 aromatic rings. The molecule has 126 valence electrons. The lowest BCUT2D eigenvalue weighted by atomic mass is 10.0. The van der Waals surface area contributed by atoms with Gasteiger partial charge in [-0.25, -0.2) is 9.78 Å². The van der Waals surface area contributed by atoms with Crippen LogP contribution in [0.3, 0.4) is 0 Å². The number of hydrogen-bond donors (Lipinski definition) is 2. The Bertz CT molecular complexity index is 553. The molecular weight excluding hydrogens is 316 g/mol. The van der Waals surface area contributed by atoms with Gasteiger partial charge >= 0.3 is 6.09 Å². The topological polar surface area (TPSA) is 104 Å². The minimum absolute atomic E-state index is 0.0232. The molecule has 1 aromatic heterocycles. The number of rotatable bonds is 9. The smallest absolute Gasteiger partial charge is 0.407 e. The first-order valence-electron chi connectivity index (χ1n) is 7.46. The highest BCUT2D eigenvalue weighted by atomic mass is 32.1. The van der Waals surface area contributed by atoms with Gasteiger partial charge in [0.15, 0.2) is 0 Å². The highest BCUT2D eigenvalue weighted by molar-refractivity contribution is 7.09. The molecule has 0 radical (unpaired) electrons. The third-order valence-corrected chi connectivity index (χ3v) is 4.21. The molecule has 23 heavy (non-hydrogen) atoms. The summed E-state index contributed by atoms with van der Waals surface area (Å²) in [7, 11) is 0. The minimum Gasteiger partial charge on any atom is -0.449 e. The Labute approximate surface area is 140 Å². The Hall–Kier alpha value is -2.14. The van der Waals surface area contributed by atoms with Gasteiger partial charge in [-0.1, -0.05) is 6.92 Å². The normalized spacial score (nSPS) is 11.3. The van der Waals surface area contributed by atoms with Crippen molar-refractivity contribution in [2.45, 2.75) is 33.1 Å². The molecule has 0 bridgehead atoms. The van der Waals surface area contributed by atoms with Crippen molar-refractivity contribution < 1.29 is 14.3 Å². The van der Waals surface area contributed by atoms with E-state index in [1.807, 2.05) is 19.9 Å². The standard InChI is InChI=1S/C15H22N4O3S/c1-11(9-14(20)17-7-5-16)3-6-18-15(21)22-8-4-13-12(2)19-10-23-13/h10-11H,3-4,6-9H2,1-2H3,(H,17,20)(H,18,21). The molecule has 0 aliphatic heterocycles. The number of carbonyl (C=O) groups is 2. The van der Waals surface area contributed by atoms with Gasteiger partial charge < -0.3 is 15.4 Å². The maximum atomic E-state index is 11.5. The zero-order valence-corrected chi connectivity index (χ0v) is 14.2. The number of aromatic nitrogens is 1. The predicted octanol–water partition coefficient (Wildman–Crippen LogP) is 1.78. The Morgan fingerprint density at radius 1 is 1.48 bits per heavy atom. The Morgan fingerprint density at radius 3 is 2.91 bits per heavy atom. The summed E-state index contributed by atoms with van der Waals surface area (Å²) in [6.45, 7) is 4.65. The van der Waals surface area contributed by atoms with Crippen LogP contribution in [0.5, 0.6) is 0 Å². The lowest BCUT2D eigenvalue weighted by molar-refractivity contribution is -0.121. The third kappa shape index (κ3) is 8.16. The number of carbonyl (C=O) groups excluding carboxylic acids is 2. The first kappa shape index (κ1) is 18.9. The van der Waals surface area contributed by atoms with Crippen LogP contribution < -0.4 is 10.6 Å². The summed E-state index contributed by atoms with van der Waals surface area (Å²) >= 11 is 1.55. The van der Waals surface area contributed by atoms with E-state index in [-0.39, 0.29) is 18.4 Å². The summed E-state index contributed by atoms with van der Waals surface area (Å²) in [4.78, 5) is 28.2. The van der Waals surface area contributed by atoms with Crippen molar-refractivity contribution in [2.75, 3.05) is 19.7 Å². The summed E-state index contributed by atoms with van der Waals surface area (Å²) in [6.07, 6.45) is 1.22. The van der Waals surface area contributed by atoms with Crippen molar-refractivity contribution in [3.8, 4) is 6.07 Å². The molecule has 1 atom stereocenters. The molecule has 1 rings (SSSR count). The molecule has 0 fully saturated rings. The van der Waals surface area contributed by atoms with E-state index in [0.717, 1.165) is 10.6 Å². The predicted molar refractivity (Wildman–Crippen MR) is 86.9 cm³/mol. The maximum absolute atomic E-state index is 11.5. The molecule has 8 heteroatoms. The van der Waals surface area contributed by atoms with Gasteiger partial charge in [-0.05, 0) is 19.3 Å². The molecule has 0 spiro atoms. The monoisotopic (exact) mass is 338 g/mol. The van der Waals surface area contributed by atoms with Crippen LogP contribution in [-0.4, -0.2) is 36.7 Å². The number of nitrogens with one attached hydrogen (secondary N) is 2. The van der Waals surface area contributed by atoms with Gasteiger partial charge in [0.1, 0.15) is 6.54 Å². The van der Waals surface area contributed by atoms with E-state index in [1.54, 1.807) is 16.8 Å². The fourth-order valence-corrected chi connectivity index (χ4v) is 2.67. The van der Waals surface area contributed by atoms with Gasteiger partial charge in [-0.3, -0.25) is 4.79 Å². The Balaban J connectivity index is 2.08. The second kappa shape index (κ2) is 10.6. The van der Waals surface area contributed by atoms with Crippen molar-refractivity contribution in [3.63, 3.8) is 0 Å². The molecule has 0 aromatic carbocycles. The average molecular weight is 338 g/mol. The molecule has 0 aliphatic carbocycles. The largest absolute Gasteiger partial charge is 0.449 e. The van der Waals surface area contributed by atoms with Crippen molar-refractivity contribution in [1.29, 1.82) is 5.26 Å². The van der Waals surface area contributed by atoms with Gasteiger partial charge in [0.05, 0.1) is 23.9 Å². The fourth-order valence-electron chi connectivity index (χ4n) is 1.90. The molecule has 2 N–H and O–H groups in total. The Morgan fingerprint density at radius 2 is 2.26 bits per heavy atom. The highest BCUT2D eigenvalue weighted by Gasteiger charge is 2.10. The van der Waals surface area contributed by atoms with E-state index in [9.17, 15) is 9.59 Å². The molecule has 7 nitrogen and oxygen atoms in total. The maximum Gasteiger partial charge on any atom is 0.407 e. The van der Waals surface area contributed by atoms with Gasteiger partial charge in [-0.15, -0.1) is 11.3 Å². The van der Waals surface area contributed by atoms with Crippen LogP contribution in [0, 0.1) is 24.2 Å². The van der Waals surface area contributed by atoms with E-state index >= 15 is 0 Å². The summed E-state index contributed by atoms with van der Waals surface area (Å²) in [5.74, 6) is -0.0320. The Kier molecular flexibility index (Phi) is 8.68. The second-order valence-electron chi connectivity index (χ2n) is 5.21.